The molecule has 19 heterocycles. The number of alkyl halides is 9. The van der Waals surface area contributed by atoms with Crippen molar-refractivity contribution in [3.05, 3.63) is 330 Å². The molecule has 0 aliphatic carbocycles. The van der Waals surface area contributed by atoms with E-state index < -0.39 is 50.9 Å². The molecule has 4 aromatic carbocycles. The number of halogens is 11. The van der Waals surface area contributed by atoms with E-state index in [1.807, 2.05) is 90.2 Å². The number of rotatable bonds is 9. The van der Waals surface area contributed by atoms with Gasteiger partial charge in [0.15, 0.2) is 5.82 Å². The molecule has 0 atom stereocenters. The number of aromatic amines is 1. The van der Waals surface area contributed by atoms with Crippen LogP contribution in [0, 0.1) is 41.5 Å². The average Bonchev–Trinajstić information content (AvgIpc) is 1.61. The molecule has 0 radical (unpaired) electrons. The third-order valence-corrected chi connectivity index (χ3v) is 28.4. The second kappa shape index (κ2) is 42.4. The Labute approximate surface area is 857 Å². The van der Waals surface area contributed by atoms with Crippen molar-refractivity contribution in [1.82, 2.24) is 98.6 Å². The number of sulfonamides is 1. The fourth-order valence-electron chi connectivity index (χ4n) is 18.7. The normalized spacial score (nSPS) is 13.5. The zero-order valence-corrected chi connectivity index (χ0v) is 83.9. The number of H-pyrrole nitrogens is 1. The number of aromatic nitrogens is 20. The van der Waals surface area contributed by atoms with Crippen LogP contribution in [-0.2, 0) is 85.6 Å². The highest BCUT2D eigenvalue weighted by molar-refractivity contribution is 7.92. The van der Waals surface area contributed by atoms with E-state index in [0.717, 1.165) is 164 Å². The second-order valence-electron chi connectivity index (χ2n) is 36.4. The molecule has 41 heteroatoms. The van der Waals surface area contributed by atoms with Crippen LogP contribution in [0.2, 0.25) is 10.0 Å². The SMILES string of the molecule is C.C=CCn1nc2c(c1C)CCNc1ncccc1-2.CCc1ccc(-n2nc3c(c2C)CCN(S(=O)(=O)c2ccc(C)cc2)c2ncccc2-3)cc1.Cc1c2c(nn1-c1ccccc1C(F)(F)F)-c1cccnc1NCC2.Cc1c2c(nn1-c1nccc(C(F)(F)F)n1)-c1cccnc1NCC2.Cc1c2c(nn1C(C)(C)C)-c1cccnc1NCC2.O=c1c2c([nH]n1-c1c(Cl)cc(C(F)(F)F)cc1Cl)-c1cccnc1NCC2. The van der Waals surface area contributed by atoms with Gasteiger partial charge < -0.3 is 26.6 Å². The van der Waals surface area contributed by atoms with Crippen LogP contribution in [0.5, 0.6) is 0 Å². The largest absolute Gasteiger partial charge is 0.433 e. The van der Waals surface area contributed by atoms with Gasteiger partial charge in [-0.2, -0.15) is 65.0 Å². The van der Waals surface area contributed by atoms with Crippen LogP contribution < -0.4 is 36.4 Å². The van der Waals surface area contributed by atoms with Crippen LogP contribution in [0.3, 0.4) is 0 Å². The van der Waals surface area contributed by atoms with Crippen LogP contribution in [0.4, 0.5) is 74.4 Å². The summed E-state index contributed by atoms with van der Waals surface area (Å²) < 4.78 is 156. The van der Waals surface area contributed by atoms with Gasteiger partial charge in [0.2, 0.25) is 0 Å². The van der Waals surface area contributed by atoms with Gasteiger partial charge in [0.1, 0.15) is 51.9 Å². The number of hydrogen-bond donors (Lipinski definition) is 6. The minimum Gasteiger partial charge on any atom is -0.369 e. The molecule has 0 saturated carbocycles. The summed E-state index contributed by atoms with van der Waals surface area (Å²) in [5, 5.41) is 42.2. The summed E-state index contributed by atoms with van der Waals surface area (Å²) >= 11 is 12.1. The molecule has 0 fully saturated rings. The number of nitrogens with zero attached hydrogens (tertiary/aromatic N) is 20. The number of pyridine rings is 6. The molecule has 0 saturated heterocycles. The lowest BCUT2D eigenvalue weighted by atomic mass is 10.0. The van der Waals surface area contributed by atoms with Gasteiger partial charge >= 0.3 is 18.5 Å². The molecule has 6 aliphatic rings. The Kier molecular flexibility index (Phi) is 29.8. The standard InChI is InChI=1S/C26H26N4O2S.C18H15F3N4.C17H11Cl2F3N4O.C16H13F3N6.C15H20N4.C14H16N4.CH4/c1-4-20-9-11-21(12-10-20)30-19(3)23-15-17-29(26-24(25(23)28-30)6-5-16-27-26)33(31,32)22-13-7-18(2)8-14-22;1-11-12-8-10-23-17-13(5-4-9-22-17)16(12)24-25(11)15-7-3-2-6-14(15)18(19,20)21;18-11-6-8(17(20,21)22)7-12(19)14(11)26-16(27)10-3-5-24-15-9(13(10)25-26)2-1-4-23-15;1-9-10-4-7-21-14-11(3-2-6-20-14)13(10)24-25(9)15-22-8-5-12(23-15)16(17,18)19;1-10-11-7-9-17-14-12(6-5-8-16-14)13(11)18-19(10)15(2,3)4;1-3-9-18-10(2)11-6-8-16-14-12(13(11)17-18)5-4-7-15-14;/h5-14,16H,4,15,17H2,1-3H3;2-7,9H,8,10H2,1H3,(H,22,23);1-2,4,6-7,25H,3,5H2,(H,23,24);2-3,5-6,8H,4,7H2,1H3,(H,20,21);5-6,8H,7,9H2,1-4H3,(H,16,17);3-5,7H,1,6,8-9H2,2H3,(H,15,16);1H4. The number of para-hydroxylation sites is 1. The maximum Gasteiger partial charge on any atom is 0.433 e. The van der Waals surface area contributed by atoms with Gasteiger partial charge in [-0.05, 0) is 240 Å². The number of benzene rings is 4. The summed E-state index contributed by atoms with van der Waals surface area (Å²) in [6, 6.07) is 45.9. The van der Waals surface area contributed by atoms with E-state index in [9.17, 15) is 52.7 Å². The first kappa shape index (κ1) is 104. The highest BCUT2D eigenvalue weighted by atomic mass is 35.5. The molecule has 17 aromatic rings. The first-order chi connectivity index (χ1) is 70.4. The third kappa shape index (κ3) is 20.9. The van der Waals surface area contributed by atoms with Gasteiger partial charge in [0.25, 0.3) is 21.5 Å². The van der Waals surface area contributed by atoms with Gasteiger partial charge in [-0.3, -0.25) is 19.3 Å². The number of aryl methyl sites for hydroxylation is 2. The fourth-order valence-corrected chi connectivity index (χ4v) is 20.8. The predicted molar refractivity (Wildman–Crippen MR) is 557 cm³/mol. The van der Waals surface area contributed by atoms with E-state index in [0.29, 0.717) is 115 Å². The van der Waals surface area contributed by atoms with E-state index in [1.165, 1.54) is 53.9 Å². The minimum absolute atomic E-state index is 0. The van der Waals surface area contributed by atoms with Crippen molar-refractivity contribution in [2.45, 2.75) is 157 Å². The maximum absolute atomic E-state index is 13.6. The van der Waals surface area contributed by atoms with E-state index >= 15 is 0 Å². The van der Waals surface area contributed by atoms with Gasteiger partial charge in [0.05, 0.1) is 72.3 Å². The monoisotopic (exact) mass is 2070 g/mol. The number of nitrogens with one attached hydrogen (secondary N) is 6. The summed E-state index contributed by atoms with van der Waals surface area (Å²) in [6.07, 6.45) is 4.92. The number of hydrogen-bond acceptors (Lipinski definition) is 21. The zero-order valence-electron chi connectivity index (χ0n) is 81.5. The predicted octanol–water partition coefficient (Wildman–Crippen LogP) is 22.7. The lowest BCUT2D eigenvalue weighted by molar-refractivity contribution is -0.141. The first-order valence-corrected chi connectivity index (χ1v) is 49.7. The number of anilines is 6. The average molecular weight is 2080 g/mol. The Hall–Kier alpha value is -15.6. The van der Waals surface area contributed by atoms with Crippen molar-refractivity contribution in [3.63, 3.8) is 0 Å². The Morgan fingerprint density at radius 3 is 1.39 bits per heavy atom. The summed E-state index contributed by atoms with van der Waals surface area (Å²) in [7, 11) is -3.76. The molecular formula is C107H105Cl2F9N26O3S. The second-order valence-corrected chi connectivity index (χ2v) is 39.1. The Morgan fingerprint density at radius 1 is 0.446 bits per heavy atom. The van der Waals surface area contributed by atoms with Crippen LogP contribution in [0.15, 0.2) is 230 Å². The molecule has 23 rings (SSSR count). The van der Waals surface area contributed by atoms with Crippen LogP contribution in [0.25, 0.3) is 90.6 Å². The highest BCUT2D eigenvalue weighted by Crippen LogP contribution is 2.46. The third-order valence-electron chi connectivity index (χ3n) is 26.1. The van der Waals surface area contributed by atoms with Crippen molar-refractivity contribution in [3.8, 4) is 90.6 Å². The molecule has 6 N–H and O–H groups in total. The summed E-state index contributed by atoms with van der Waals surface area (Å²) in [6.45, 7) is 29.0. The van der Waals surface area contributed by atoms with Crippen molar-refractivity contribution in [2.75, 3.05) is 70.2 Å². The maximum atomic E-state index is 13.6. The first-order valence-electron chi connectivity index (χ1n) is 47.5. The summed E-state index contributed by atoms with van der Waals surface area (Å²) in [4.78, 5) is 46.9. The number of fused-ring (bicyclic) bond motifs is 18. The van der Waals surface area contributed by atoms with E-state index in [-0.39, 0.29) is 45.2 Å². The van der Waals surface area contributed by atoms with Crippen LogP contribution in [0.1, 0.15) is 125 Å². The smallest absolute Gasteiger partial charge is 0.369 e. The molecule has 29 nitrogen and oxygen atoms in total. The Morgan fingerprint density at radius 2 is 0.885 bits per heavy atom. The van der Waals surface area contributed by atoms with Gasteiger partial charge in [-0.25, -0.2) is 71.3 Å². The molecule has 6 aliphatic heterocycles. The highest BCUT2D eigenvalue weighted by Gasteiger charge is 2.40. The van der Waals surface area contributed by atoms with Gasteiger partial charge in [-0.15, -0.1) is 6.58 Å². The van der Waals surface area contributed by atoms with Crippen molar-refractivity contribution in [2.24, 2.45) is 0 Å². The number of allylic oxidation sites excluding steroid dienone is 1. The summed E-state index contributed by atoms with van der Waals surface area (Å²) in [5.41, 5.74) is 21.3. The van der Waals surface area contributed by atoms with Crippen LogP contribution >= 0.6 is 23.2 Å². The zero-order chi connectivity index (χ0) is 104. The molecule has 764 valence electrons. The fraction of sp³-hybridized carbons (Fsp3) is 0.271. The van der Waals surface area contributed by atoms with Crippen molar-refractivity contribution < 1.29 is 47.9 Å². The van der Waals surface area contributed by atoms with Gasteiger partial charge in [-0.1, -0.05) is 85.6 Å². The lowest BCUT2D eigenvalue weighted by Crippen LogP contribution is -2.33. The van der Waals surface area contributed by atoms with Crippen molar-refractivity contribution >= 4 is 68.1 Å². The Balaban J connectivity index is 0.000000122. The molecular weight excluding hydrogens is 1970 g/mol. The van der Waals surface area contributed by atoms with Crippen LogP contribution in [-0.4, -0.2) is 146 Å². The van der Waals surface area contributed by atoms with E-state index in [1.54, 1.807) is 81.1 Å². The summed E-state index contributed by atoms with van der Waals surface area (Å²) in [5.74, 6) is 4.21. The molecule has 148 heavy (non-hydrogen) atoms. The van der Waals surface area contributed by atoms with Crippen molar-refractivity contribution in [1.29, 1.82) is 0 Å². The minimum atomic E-state index is -4.60. The van der Waals surface area contributed by atoms with E-state index in [4.69, 9.17) is 38.5 Å². The Bertz CT molecular complexity index is 7990. The lowest BCUT2D eigenvalue weighted by Gasteiger charge is -2.23. The van der Waals surface area contributed by atoms with E-state index in [2.05, 4.69) is 171 Å². The molecule has 0 spiro atoms. The quantitative estimate of drug-likeness (QED) is 0.0577. The molecule has 0 unspecified atom stereocenters. The molecule has 13 aromatic heterocycles. The molecule has 0 amide bonds. The topological polar surface area (TPSA) is 328 Å². The molecule has 0 bridgehead atoms. The van der Waals surface area contributed by atoms with Gasteiger partial charge in [0, 0.05) is 178 Å².